The molecule has 1 aromatic rings. The largest absolute Gasteiger partial charge is 0.467 e. The lowest BCUT2D eigenvalue weighted by molar-refractivity contribution is -0.154. The van der Waals surface area contributed by atoms with Crippen molar-refractivity contribution in [1.82, 2.24) is 14.7 Å². The summed E-state index contributed by atoms with van der Waals surface area (Å²) in [7, 11) is -3.17. The normalized spacial score (nSPS) is 21.4. The fraction of sp³-hybridized carbons (Fsp3) is 0.733. The van der Waals surface area contributed by atoms with E-state index in [-0.39, 0.29) is 17.7 Å². The zero-order valence-electron chi connectivity index (χ0n) is 14.4. The first kappa shape index (κ1) is 20.7. The minimum atomic E-state index is -4.41. The summed E-state index contributed by atoms with van der Waals surface area (Å²) in [6.45, 7) is 0.651. The quantitative estimate of drug-likeness (QED) is 0.701. The van der Waals surface area contributed by atoms with Crippen LogP contribution in [-0.4, -0.2) is 49.5 Å². The van der Waals surface area contributed by atoms with Crippen LogP contribution in [0.25, 0.3) is 0 Å². The van der Waals surface area contributed by atoms with Gasteiger partial charge in [0.15, 0.2) is 6.61 Å². The second kappa shape index (κ2) is 8.85. The number of hydrogen-bond acceptors (Lipinski definition) is 6. The van der Waals surface area contributed by atoms with E-state index in [2.05, 4.69) is 24.7 Å². The minimum absolute atomic E-state index is 0.0747. The molecule has 0 aromatic carbocycles. The van der Waals surface area contributed by atoms with Gasteiger partial charge in [-0.2, -0.15) is 13.2 Å². The highest BCUT2D eigenvalue weighted by atomic mass is 32.2. The van der Waals surface area contributed by atoms with E-state index in [9.17, 15) is 21.6 Å². The zero-order valence-corrected chi connectivity index (χ0v) is 15.2. The van der Waals surface area contributed by atoms with Crippen LogP contribution in [0.5, 0.6) is 5.88 Å². The number of anilines is 1. The van der Waals surface area contributed by atoms with Crippen molar-refractivity contribution >= 4 is 15.8 Å². The number of hydrogen-bond donors (Lipinski definition) is 2. The number of sulfonamides is 1. The third kappa shape index (κ3) is 7.32. The predicted octanol–water partition coefficient (Wildman–Crippen LogP) is 2.33. The molecule has 11 heteroatoms. The molecule has 1 aliphatic rings. The number of ether oxygens (including phenoxy) is 1. The molecule has 0 atom stereocenters. The minimum Gasteiger partial charge on any atom is -0.467 e. The Kier molecular flexibility index (Phi) is 7.04. The van der Waals surface area contributed by atoms with E-state index in [4.69, 9.17) is 0 Å². The van der Waals surface area contributed by atoms with E-state index in [1.807, 2.05) is 0 Å². The first-order chi connectivity index (χ1) is 12.2. The summed E-state index contributed by atoms with van der Waals surface area (Å²) in [5.41, 5.74) is 0. The lowest BCUT2D eigenvalue weighted by Gasteiger charge is -2.29. The lowest BCUT2D eigenvalue weighted by atomic mass is 9.86. The maximum absolute atomic E-state index is 12.1. The average Bonchev–Trinajstić information content (AvgIpc) is 2.60. The molecule has 26 heavy (non-hydrogen) atoms. The maximum Gasteiger partial charge on any atom is 0.422 e. The second-order valence-electron chi connectivity index (χ2n) is 6.26. The first-order valence-electron chi connectivity index (χ1n) is 8.42. The van der Waals surface area contributed by atoms with Crippen molar-refractivity contribution in [3.63, 3.8) is 0 Å². The topological polar surface area (TPSA) is 93.2 Å². The summed E-state index contributed by atoms with van der Waals surface area (Å²) in [5, 5.41) is 3.19. The fourth-order valence-corrected chi connectivity index (χ4v) is 3.38. The smallest absolute Gasteiger partial charge is 0.422 e. The number of nitrogens with one attached hydrogen (secondary N) is 2. The molecule has 0 bridgehead atoms. The molecule has 1 heterocycles. The van der Waals surface area contributed by atoms with Gasteiger partial charge in [-0.3, -0.25) is 0 Å². The summed E-state index contributed by atoms with van der Waals surface area (Å²) in [6, 6.07) is 0.172. The van der Waals surface area contributed by atoms with Crippen LogP contribution in [0, 0.1) is 5.92 Å². The van der Waals surface area contributed by atoms with Crippen molar-refractivity contribution < 1.29 is 26.3 Å². The number of halogens is 3. The van der Waals surface area contributed by atoms with E-state index in [0.29, 0.717) is 18.3 Å². The summed E-state index contributed by atoms with van der Waals surface area (Å²) < 4.78 is 66.3. The second-order valence-corrected chi connectivity index (χ2v) is 8.35. The van der Waals surface area contributed by atoms with Crippen molar-refractivity contribution in [1.29, 1.82) is 0 Å². The molecule has 0 unspecified atom stereocenters. The van der Waals surface area contributed by atoms with Gasteiger partial charge in [0.1, 0.15) is 5.82 Å². The van der Waals surface area contributed by atoms with Crippen LogP contribution >= 0.6 is 0 Å². The highest BCUT2D eigenvalue weighted by Crippen LogP contribution is 2.26. The molecular formula is C15H23F3N4O3S. The Morgan fingerprint density at radius 2 is 1.88 bits per heavy atom. The van der Waals surface area contributed by atoms with Crippen LogP contribution in [-0.2, 0) is 10.0 Å². The van der Waals surface area contributed by atoms with Gasteiger partial charge in [-0.05, 0) is 38.5 Å². The SMILES string of the molecule is CCS(=O)(=O)NC[C@H]1CC[C@H](Nc2cnc(OCC(F)(F)F)cn2)CC1. The molecule has 0 aliphatic heterocycles. The maximum atomic E-state index is 12.1. The highest BCUT2D eigenvalue weighted by Gasteiger charge is 2.28. The third-order valence-corrected chi connectivity index (χ3v) is 5.55. The van der Waals surface area contributed by atoms with Crippen LogP contribution in [0.15, 0.2) is 12.4 Å². The Bertz CT molecular complexity index is 660. The van der Waals surface area contributed by atoms with Crippen molar-refractivity contribution in [2.75, 3.05) is 24.2 Å². The Morgan fingerprint density at radius 1 is 1.19 bits per heavy atom. The molecule has 0 radical (unpaired) electrons. The number of aromatic nitrogens is 2. The van der Waals surface area contributed by atoms with E-state index >= 15 is 0 Å². The van der Waals surface area contributed by atoms with Gasteiger partial charge in [0, 0.05) is 12.6 Å². The van der Waals surface area contributed by atoms with E-state index in [1.165, 1.54) is 6.20 Å². The van der Waals surface area contributed by atoms with Gasteiger partial charge in [0.25, 0.3) is 0 Å². The lowest BCUT2D eigenvalue weighted by Crippen LogP contribution is -2.34. The van der Waals surface area contributed by atoms with Crippen LogP contribution < -0.4 is 14.8 Å². The van der Waals surface area contributed by atoms with Crippen LogP contribution in [0.4, 0.5) is 19.0 Å². The number of alkyl halides is 3. The van der Waals surface area contributed by atoms with Crippen LogP contribution in [0.2, 0.25) is 0 Å². The van der Waals surface area contributed by atoms with Gasteiger partial charge in [-0.25, -0.2) is 23.1 Å². The average molecular weight is 396 g/mol. The Labute approximate surface area is 150 Å². The molecule has 7 nitrogen and oxygen atoms in total. The molecule has 0 saturated heterocycles. The van der Waals surface area contributed by atoms with Crippen molar-refractivity contribution in [2.24, 2.45) is 5.92 Å². The molecule has 148 valence electrons. The summed E-state index contributed by atoms with van der Waals surface area (Å²) >= 11 is 0. The molecule has 1 aromatic heterocycles. The van der Waals surface area contributed by atoms with Gasteiger partial charge < -0.3 is 10.1 Å². The van der Waals surface area contributed by atoms with Crippen molar-refractivity contribution in [2.45, 2.75) is 44.8 Å². The molecule has 1 aliphatic carbocycles. The standard InChI is InChI=1S/C15H23F3N4O3S/c1-2-26(23,24)21-7-11-3-5-12(6-4-11)22-13-8-20-14(9-19-13)25-10-15(16,17)18/h8-9,11-12,21H,2-7,10H2,1H3,(H,19,22)/t11-,12-. The molecule has 0 amide bonds. The Morgan fingerprint density at radius 3 is 2.42 bits per heavy atom. The van der Waals surface area contributed by atoms with E-state index in [1.54, 1.807) is 6.92 Å². The Balaban J connectivity index is 1.73. The third-order valence-electron chi connectivity index (χ3n) is 4.18. The van der Waals surface area contributed by atoms with Crippen molar-refractivity contribution in [3.05, 3.63) is 12.4 Å². The highest BCUT2D eigenvalue weighted by molar-refractivity contribution is 7.89. The zero-order chi connectivity index (χ0) is 19.2. The van der Waals surface area contributed by atoms with E-state index in [0.717, 1.165) is 31.9 Å². The monoisotopic (exact) mass is 396 g/mol. The van der Waals surface area contributed by atoms with Gasteiger partial charge >= 0.3 is 6.18 Å². The summed E-state index contributed by atoms with van der Waals surface area (Å²) in [5.74, 6) is 0.670. The molecule has 2 rings (SSSR count). The molecule has 1 fully saturated rings. The molecule has 0 spiro atoms. The molecular weight excluding hydrogens is 373 g/mol. The van der Waals surface area contributed by atoms with Gasteiger partial charge in [0.2, 0.25) is 15.9 Å². The van der Waals surface area contributed by atoms with E-state index < -0.39 is 22.8 Å². The van der Waals surface area contributed by atoms with Crippen LogP contribution in [0.1, 0.15) is 32.6 Å². The predicted molar refractivity (Wildman–Crippen MR) is 90.4 cm³/mol. The number of nitrogens with zero attached hydrogens (tertiary/aromatic N) is 2. The fourth-order valence-electron chi connectivity index (χ4n) is 2.69. The summed E-state index contributed by atoms with van der Waals surface area (Å²) in [6.07, 6.45) is 1.54. The molecule has 1 saturated carbocycles. The molecule has 2 N–H and O–H groups in total. The van der Waals surface area contributed by atoms with Crippen LogP contribution in [0.3, 0.4) is 0 Å². The van der Waals surface area contributed by atoms with Gasteiger partial charge in [0.05, 0.1) is 18.1 Å². The van der Waals surface area contributed by atoms with Gasteiger partial charge in [-0.1, -0.05) is 0 Å². The first-order valence-corrected chi connectivity index (χ1v) is 10.1. The summed E-state index contributed by atoms with van der Waals surface area (Å²) in [4.78, 5) is 7.82. The van der Waals surface area contributed by atoms with Gasteiger partial charge in [-0.15, -0.1) is 0 Å². The van der Waals surface area contributed by atoms with Crippen molar-refractivity contribution in [3.8, 4) is 5.88 Å². The number of rotatable bonds is 8. The Hall–Kier alpha value is -1.62.